The second-order valence-electron chi connectivity index (χ2n) is 13.0. The molecule has 1 atom stereocenters. The molecular weight excluding hydrogens is 572 g/mol. The second-order valence-corrected chi connectivity index (χ2v) is 13.0. The molecule has 3 fully saturated rings. The zero-order valence-corrected chi connectivity index (χ0v) is 26.0. The van der Waals surface area contributed by atoms with E-state index in [2.05, 4.69) is 33.1 Å². The fraction of sp³-hybridized carbons (Fsp3) is 0.486. The maximum Gasteiger partial charge on any atom is 0.275 e. The van der Waals surface area contributed by atoms with Gasteiger partial charge in [-0.3, -0.25) is 19.6 Å². The zero-order chi connectivity index (χ0) is 31.0. The predicted molar refractivity (Wildman–Crippen MR) is 172 cm³/mol. The molecule has 3 saturated heterocycles. The molecule has 1 amide bonds. The Hall–Kier alpha value is -3.76. The third kappa shape index (κ3) is 6.49. The van der Waals surface area contributed by atoms with Crippen molar-refractivity contribution in [3.8, 4) is 11.3 Å². The van der Waals surface area contributed by atoms with Crippen LogP contribution in [0.5, 0.6) is 0 Å². The van der Waals surface area contributed by atoms with Crippen LogP contribution in [0.4, 0.5) is 8.78 Å². The quantitative estimate of drug-likeness (QED) is 0.399. The summed E-state index contributed by atoms with van der Waals surface area (Å²) in [5.74, 6) is -1.71. The van der Waals surface area contributed by atoms with Crippen molar-refractivity contribution in [2.75, 3.05) is 58.9 Å². The minimum absolute atomic E-state index is 0.190. The van der Waals surface area contributed by atoms with Gasteiger partial charge >= 0.3 is 0 Å². The highest BCUT2D eigenvalue weighted by Gasteiger charge is 2.48. The highest BCUT2D eigenvalue weighted by molar-refractivity contribution is 5.97. The van der Waals surface area contributed by atoms with Gasteiger partial charge in [-0.1, -0.05) is 36.4 Å². The molecule has 10 heteroatoms. The average molecular weight is 614 g/mol. The number of amides is 1. The molecule has 0 aliphatic carbocycles. The van der Waals surface area contributed by atoms with E-state index in [-0.39, 0.29) is 12.5 Å². The number of carbonyl (C=O) groups is 1. The van der Waals surface area contributed by atoms with Gasteiger partial charge in [-0.25, -0.2) is 8.78 Å². The van der Waals surface area contributed by atoms with Crippen LogP contribution in [-0.4, -0.2) is 112 Å². The number of rotatable bonds is 6. The van der Waals surface area contributed by atoms with Crippen LogP contribution in [-0.2, 0) is 11.3 Å². The zero-order valence-electron chi connectivity index (χ0n) is 26.0. The van der Waals surface area contributed by atoms with E-state index < -0.39 is 12.0 Å². The number of piperazine rings is 1. The van der Waals surface area contributed by atoms with E-state index in [0.29, 0.717) is 58.7 Å². The van der Waals surface area contributed by atoms with Crippen LogP contribution < -0.4 is 0 Å². The molecule has 4 aliphatic heterocycles. The van der Waals surface area contributed by atoms with Crippen LogP contribution in [0.2, 0.25) is 0 Å². The average Bonchev–Trinajstić information content (AvgIpc) is 3.74. The molecular formula is C35H41F2N7O. The van der Waals surface area contributed by atoms with Crippen molar-refractivity contribution in [2.45, 2.75) is 51.1 Å². The summed E-state index contributed by atoms with van der Waals surface area (Å²) >= 11 is 0. The lowest BCUT2D eigenvalue weighted by Gasteiger charge is -2.46. The largest absolute Gasteiger partial charge is 0.354 e. The Morgan fingerprint density at radius 3 is 2.53 bits per heavy atom. The number of benzene rings is 2. The smallest absolute Gasteiger partial charge is 0.275 e. The van der Waals surface area contributed by atoms with Gasteiger partial charge in [-0.2, -0.15) is 0 Å². The number of halogens is 2. The van der Waals surface area contributed by atoms with Crippen molar-refractivity contribution in [1.29, 1.82) is 0 Å². The number of amidine groups is 1. The molecule has 1 aromatic heterocycles. The van der Waals surface area contributed by atoms with Crippen molar-refractivity contribution in [2.24, 2.45) is 4.99 Å². The number of aryl methyl sites for hydroxylation is 1. The highest BCUT2D eigenvalue weighted by atomic mass is 19.3. The van der Waals surface area contributed by atoms with Crippen LogP contribution in [0.3, 0.4) is 0 Å². The molecule has 5 heterocycles. The van der Waals surface area contributed by atoms with Crippen LogP contribution in [0.15, 0.2) is 65.2 Å². The molecule has 3 aromatic rings. The Morgan fingerprint density at radius 1 is 0.956 bits per heavy atom. The monoisotopic (exact) mass is 613 g/mol. The van der Waals surface area contributed by atoms with Crippen molar-refractivity contribution < 1.29 is 13.6 Å². The van der Waals surface area contributed by atoms with Gasteiger partial charge in [0.15, 0.2) is 0 Å². The van der Waals surface area contributed by atoms with E-state index in [1.165, 1.54) is 0 Å². The van der Waals surface area contributed by atoms with E-state index >= 15 is 8.78 Å². The number of carbonyl (C=O) groups excluding carboxylic acids is 1. The first-order valence-electron chi connectivity index (χ1n) is 16.3. The first-order valence-corrected chi connectivity index (χ1v) is 16.3. The van der Waals surface area contributed by atoms with Crippen molar-refractivity contribution in [3.05, 3.63) is 71.3 Å². The Morgan fingerprint density at radius 2 is 1.76 bits per heavy atom. The molecule has 0 bridgehead atoms. The maximum atomic E-state index is 15.6. The number of hydrogen-bond acceptors (Lipinski definition) is 7. The molecule has 7 rings (SSSR count). The number of aliphatic imine (C=N–C) groups is 1. The highest BCUT2D eigenvalue weighted by Crippen LogP contribution is 2.33. The molecule has 45 heavy (non-hydrogen) atoms. The normalized spacial score (nSPS) is 22.6. The molecule has 0 N–H and O–H groups in total. The van der Waals surface area contributed by atoms with Crippen LogP contribution in [0.25, 0.3) is 22.2 Å². The first-order chi connectivity index (χ1) is 21.8. The summed E-state index contributed by atoms with van der Waals surface area (Å²) in [6.45, 7) is 7.69. The SMILES string of the molecule is Cc1ccccc1-c1cc2ccc(CN3CCC(N4CCN(C5=NCC(CC(=O)N6CCCC6)=C5)CC4)C(F)(F)C3)cc2nn1. The van der Waals surface area contributed by atoms with Crippen LogP contribution in [0.1, 0.15) is 36.8 Å². The lowest BCUT2D eigenvalue weighted by atomic mass is 9.97. The molecule has 0 radical (unpaired) electrons. The lowest BCUT2D eigenvalue weighted by Crippen LogP contribution is -2.62. The summed E-state index contributed by atoms with van der Waals surface area (Å²) in [6.07, 6.45) is 5.08. The number of likely N-dealkylation sites (tertiary alicyclic amines) is 2. The summed E-state index contributed by atoms with van der Waals surface area (Å²) in [5, 5.41) is 9.91. The minimum Gasteiger partial charge on any atom is -0.354 e. The molecule has 4 aliphatic rings. The molecule has 0 spiro atoms. The van der Waals surface area contributed by atoms with E-state index in [9.17, 15) is 4.79 Å². The van der Waals surface area contributed by atoms with Gasteiger partial charge in [-0.05, 0) is 61.1 Å². The topological polar surface area (TPSA) is 68.2 Å². The summed E-state index contributed by atoms with van der Waals surface area (Å²) in [4.78, 5) is 25.2. The Kier molecular flexibility index (Phi) is 8.35. The van der Waals surface area contributed by atoms with Crippen LogP contribution in [0, 0.1) is 6.92 Å². The van der Waals surface area contributed by atoms with Gasteiger partial charge in [-0.15, -0.1) is 10.2 Å². The summed E-state index contributed by atoms with van der Waals surface area (Å²) in [6, 6.07) is 15.4. The van der Waals surface area contributed by atoms with Gasteiger partial charge in [0, 0.05) is 63.3 Å². The standard InChI is InChI=1S/C35H41F2N7O/c1-25-6-2-3-7-29(25)31-21-28-9-8-26(18-30(28)39-40-31)23-41-13-10-32(35(36,37)24-41)42-14-16-43(17-15-42)33-19-27(22-38-33)20-34(45)44-11-4-5-12-44/h2-3,6-9,18-19,21,32H,4-5,10-17,20,22-24H2,1H3. The van der Waals surface area contributed by atoms with Gasteiger partial charge in [0.25, 0.3) is 5.92 Å². The number of fused-ring (bicyclic) bond motifs is 1. The number of piperidine rings is 1. The fourth-order valence-corrected chi connectivity index (χ4v) is 7.30. The minimum atomic E-state index is -2.80. The molecule has 1 unspecified atom stereocenters. The number of nitrogens with zero attached hydrogens (tertiary/aromatic N) is 7. The Bertz CT molecular complexity index is 1630. The van der Waals surface area contributed by atoms with Gasteiger partial charge in [0.05, 0.1) is 36.8 Å². The van der Waals surface area contributed by atoms with Gasteiger partial charge in [0.2, 0.25) is 5.91 Å². The lowest BCUT2D eigenvalue weighted by molar-refractivity contribution is -0.133. The number of alkyl halides is 2. The van der Waals surface area contributed by atoms with Crippen molar-refractivity contribution >= 4 is 22.6 Å². The first kappa shape index (κ1) is 29.9. The molecule has 8 nitrogen and oxygen atoms in total. The third-order valence-corrected chi connectivity index (χ3v) is 9.81. The predicted octanol–water partition coefficient (Wildman–Crippen LogP) is 4.78. The van der Waals surface area contributed by atoms with E-state index in [1.54, 1.807) is 0 Å². The van der Waals surface area contributed by atoms with Crippen molar-refractivity contribution in [1.82, 2.24) is 29.8 Å². The summed E-state index contributed by atoms with van der Waals surface area (Å²) in [5.41, 5.74) is 5.82. The van der Waals surface area contributed by atoms with E-state index in [4.69, 9.17) is 0 Å². The van der Waals surface area contributed by atoms with Crippen molar-refractivity contribution in [3.63, 3.8) is 0 Å². The Labute approximate surface area is 263 Å². The fourth-order valence-electron chi connectivity index (χ4n) is 7.30. The molecule has 236 valence electrons. The van der Waals surface area contributed by atoms with E-state index in [0.717, 1.165) is 70.6 Å². The molecule has 2 aromatic carbocycles. The summed E-state index contributed by atoms with van der Waals surface area (Å²) in [7, 11) is 0. The number of hydrogen-bond donors (Lipinski definition) is 0. The van der Waals surface area contributed by atoms with Gasteiger partial charge in [0.1, 0.15) is 5.84 Å². The van der Waals surface area contributed by atoms with Gasteiger partial charge < -0.3 is 9.80 Å². The molecule has 0 saturated carbocycles. The second kappa shape index (κ2) is 12.6. The number of aromatic nitrogens is 2. The third-order valence-electron chi connectivity index (χ3n) is 9.81. The maximum absolute atomic E-state index is 15.6. The Balaban J connectivity index is 0.920. The van der Waals surface area contributed by atoms with Crippen LogP contribution >= 0.6 is 0 Å². The summed E-state index contributed by atoms with van der Waals surface area (Å²) < 4.78 is 31.2. The van der Waals surface area contributed by atoms with E-state index in [1.807, 2.05) is 63.2 Å².